The Labute approximate surface area is 214 Å². The zero-order valence-electron chi connectivity index (χ0n) is 20.6. The van der Waals surface area contributed by atoms with Crippen molar-refractivity contribution in [1.82, 2.24) is 14.6 Å². The lowest BCUT2D eigenvalue weighted by atomic mass is 9.99. The summed E-state index contributed by atoms with van der Waals surface area (Å²) in [5, 5.41) is 3.17. The number of ether oxygens (including phenoxy) is 2. The fourth-order valence-electron chi connectivity index (χ4n) is 5.23. The third-order valence-corrected chi connectivity index (χ3v) is 7.91. The number of anilines is 1. The van der Waals surface area contributed by atoms with Gasteiger partial charge in [-0.15, -0.1) is 0 Å². The second kappa shape index (κ2) is 11.2. The average molecular weight is 516 g/mol. The van der Waals surface area contributed by atoms with Gasteiger partial charge in [0.25, 0.3) is 11.8 Å². The predicted molar refractivity (Wildman–Crippen MR) is 136 cm³/mol. The lowest BCUT2D eigenvalue weighted by Gasteiger charge is -2.36. The molecule has 0 spiro atoms. The van der Waals surface area contributed by atoms with Gasteiger partial charge in [0.05, 0.1) is 19.9 Å². The van der Waals surface area contributed by atoms with Gasteiger partial charge in [0, 0.05) is 12.1 Å². The van der Waals surface area contributed by atoms with Crippen LogP contribution in [0.4, 0.5) is 5.69 Å². The van der Waals surface area contributed by atoms with Gasteiger partial charge in [-0.2, -0.15) is 4.37 Å². The van der Waals surface area contributed by atoms with Crippen LogP contribution in [0.5, 0.6) is 11.5 Å². The fraction of sp³-hybridized carbons (Fsp3) is 0.520. The highest BCUT2D eigenvalue weighted by Gasteiger charge is 2.40. The lowest BCUT2D eigenvalue weighted by molar-refractivity contribution is -0.127. The number of carbonyl (C=O) groups excluding carboxylic acids is 3. The third-order valence-electron chi connectivity index (χ3n) is 7.06. The molecular formula is C25H33N5O5S. The molecule has 2 saturated carbocycles. The van der Waals surface area contributed by atoms with E-state index in [9.17, 15) is 14.4 Å². The minimum atomic E-state index is -0.931. The molecular weight excluding hydrogens is 482 g/mol. The molecule has 0 unspecified atom stereocenters. The summed E-state index contributed by atoms with van der Waals surface area (Å²) in [6.45, 7) is 0. The summed E-state index contributed by atoms with van der Waals surface area (Å²) in [6.07, 6.45) is 7.34. The van der Waals surface area contributed by atoms with Crippen LogP contribution in [-0.2, 0) is 4.79 Å². The second-order valence-corrected chi connectivity index (χ2v) is 10.1. The van der Waals surface area contributed by atoms with Crippen molar-refractivity contribution in [2.24, 2.45) is 5.73 Å². The van der Waals surface area contributed by atoms with Gasteiger partial charge in [0.2, 0.25) is 5.91 Å². The van der Waals surface area contributed by atoms with Crippen LogP contribution in [0.25, 0.3) is 0 Å². The van der Waals surface area contributed by atoms with E-state index in [1.54, 1.807) is 30.2 Å². The first-order valence-electron chi connectivity index (χ1n) is 12.3. The van der Waals surface area contributed by atoms with Crippen molar-refractivity contribution in [3.63, 3.8) is 0 Å². The van der Waals surface area contributed by atoms with Crippen LogP contribution in [0.2, 0.25) is 0 Å². The minimum Gasteiger partial charge on any atom is -0.493 e. The van der Waals surface area contributed by atoms with Gasteiger partial charge in [0.1, 0.15) is 10.9 Å². The van der Waals surface area contributed by atoms with Crippen LogP contribution in [0, 0.1) is 0 Å². The number of amides is 3. The molecule has 2 aromatic rings. The number of nitrogens with zero attached hydrogens (tertiary/aromatic N) is 2. The molecule has 2 aliphatic carbocycles. The standard InChI is InChI=1S/C25H33N5O5S/c1-34-17-12-11-14(13-18(17)35-2)21(24(32)28-15-7-3-4-8-15)30(16-9-5-6-10-16)25(33)22-19(26)20(23(27)31)29-36-22/h11-13,15-16,21H,3-10,26H2,1-2H3,(H2,27,31)(H,28,32)/t21-/m0/s1. The molecule has 5 N–H and O–H groups in total. The van der Waals surface area contributed by atoms with Crippen LogP contribution >= 0.6 is 11.5 Å². The number of methoxy groups -OCH3 is 2. The van der Waals surface area contributed by atoms with Crippen LogP contribution < -0.4 is 26.3 Å². The second-order valence-electron chi connectivity index (χ2n) is 9.30. The first kappa shape index (κ1) is 25.7. The highest BCUT2D eigenvalue weighted by atomic mass is 32.1. The van der Waals surface area contributed by atoms with E-state index in [4.69, 9.17) is 20.9 Å². The molecule has 0 saturated heterocycles. The number of hydrogen-bond donors (Lipinski definition) is 3. The van der Waals surface area contributed by atoms with E-state index in [2.05, 4.69) is 9.69 Å². The predicted octanol–water partition coefficient (Wildman–Crippen LogP) is 3.03. The number of nitrogens with two attached hydrogens (primary N) is 2. The van der Waals surface area contributed by atoms with E-state index in [1.165, 1.54) is 7.11 Å². The molecule has 0 aliphatic heterocycles. The van der Waals surface area contributed by atoms with E-state index in [-0.39, 0.29) is 34.2 Å². The number of rotatable bonds is 9. The Morgan fingerprint density at radius 1 is 1.06 bits per heavy atom. The number of primary amides is 1. The quantitative estimate of drug-likeness (QED) is 0.464. The van der Waals surface area contributed by atoms with Crippen molar-refractivity contribution >= 4 is 34.9 Å². The largest absolute Gasteiger partial charge is 0.493 e. The van der Waals surface area contributed by atoms with E-state index < -0.39 is 17.9 Å². The van der Waals surface area contributed by atoms with Crippen LogP contribution in [-0.4, -0.2) is 53.3 Å². The number of nitrogen functional groups attached to an aromatic ring is 1. The Bertz CT molecular complexity index is 1120. The van der Waals surface area contributed by atoms with Crippen molar-refractivity contribution < 1.29 is 23.9 Å². The number of benzene rings is 1. The Kier molecular flexibility index (Phi) is 7.97. The summed E-state index contributed by atoms with van der Waals surface area (Å²) in [5.74, 6) is -0.516. The Morgan fingerprint density at radius 3 is 2.28 bits per heavy atom. The topological polar surface area (TPSA) is 150 Å². The van der Waals surface area contributed by atoms with E-state index in [0.29, 0.717) is 17.1 Å². The molecule has 1 heterocycles. The Morgan fingerprint density at radius 2 is 1.69 bits per heavy atom. The van der Waals surface area contributed by atoms with Crippen molar-refractivity contribution in [1.29, 1.82) is 0 Å². The molecule has 4 rings (SSSR count). The number of nitrogens with one attached hydrogen (secondary N) is 1. The molecule has 10 nitrogen and oxygen atoms in total. The Hall–Kier alpha value is -3.34. The maximum atomic E-state index is 14.1. The monoisotopic (exact) mass is 515 g/mol. The molecule has 1 atom stereocenters. The average Bonchev–Trinajstić information content (AvgIpc) is 3.64. The molecule has 11 heteroatoms. The van der Waals surface area contributed by atoms with Gasteiger partial charge in [-0.3, -0.25) is 14.4 Å². The lowest BCUT2D eigenvalue weighted by Crippen LogP contribution is -2.49. The first-order valence-corrected chi connectivity index (χ1v) is 13.0. The van der Waals surface area contributed by atoms with Gasteiger partial charge in [-0.05, 0) is 54.9 Å². The van der Waals surface area contributed by atoms with E-state index in [0.717, 1.165) is 62.9 Å². The van der Waals surface area contributed by atoms with Crippen molar-refractivity contribution in [2.45, 2.75) is 69.5 Å². The third kappa shape index (κ3) is 5.11. The maximum Gasteiger partial charge on any atom is 0.270 e. The molecule has 1 aromatic heterocycles. The SMILES string of the molecule is COc1ccc([C@@H](C(=O)NC2CCCC2)N(C(=O)c2snc(C(N)=O)c2N)C2CCCC2)cc1OC. The smallest absolute Gasteiger partial charge is 0.270 e. The number of hydrogen-bond acceptors (Lipinski definition) is 8. The molecule has 0 bridgehead atoms. The highest BCUT2D eigenvalue weighted by molar-refractivity contribution is 7.09. The van der Waals surface area contributed by atoms with E-state index >= 15 is 0 Å². The van der Waals surface area contributed by atoms with Gasteiger partial charge in [-0.1, -0.05) is 31.7 Å². The summed E-state index contributed by atoms with van der Waals surface area (Å²) in [4.78, 5) is 41.4. The van der Waals surface area contributed by atoms with Gasteiger partial charge in [-0.25, -0.2) is 0 Å². The van der Waals surface area contributed by atoms with Crippen molar-refractivity contribution in [2.75, 3.05) is 20.0 Å². The minimum absolute atomic E-state index is 0.0530. The highest BCUT2D eigenvalue weighted by Crippen LogP contribution is 2.38. The van der Waals surface area contributed by atoms with Gasteiger partial charge >= 0.3 is 0 Å². The fourth-order valence-corrected chi connectivity index (χ4v) is 5.98. The molecule has 1 aromatic carbocycles. The zero-order valence-corrected chi connectivity index (χ0v) is 21.4. The van der Waals surface area contributed by atoms with Gasteiger partial charge < -0.3 is 31.2 Å². The summed E-state index contributed by atoms with van der Waals surface area (Å²) < 4.78 is 14.9. The van der Waals surface area contributed by atoms with E-state index in [1.807, 2.05) is 0 Å². The molecule has 2 fully saturated rings. The first-order chi connectivity index (χ1) is 17.3. The van der Waals surface area contributed by atoms with Crippen LogP contribution in [0.3, 0.4) is 0 Å². The Balaban J connectivity index is 1.80. The summed E-state index contributed by atoms with van der Waals surface area (Å²) in [7, 11) is 3.07. The summed E-state index contributed by atoms with van der Waals surface area (Å²) in [5.41, 5.74) is 11.9. The van der Waals surface area contributed by atoms with Gasteiger partial charge in [0.15, 0.2) is 17.2 Å². The molecule has 36 heavy (non-hydrogen) atoms. The molecule has 2 aliphatic rings. The van der Waals surface area contributed by atoms with Crippen molar-refractivity contribution in [3.8, 4) is 11.5 Å². The van der Waals surface area contributed by atoms with Crippen molar-refractivity contribution in [3.05, 3.63) is 34.3 Å². The van der Waals surface area contributed by atoms with Crippen LogP contribution in [0.1, 0.15) is 83.1 Å². The van der Waals surface area contributed by atoms with Crippen LogP contribution in [0.15, 0.2) is 18.2 Å². The summed E-state index contributed by atoms with van der Waals surface area (Å²) in [6, 6.07) is 4.20. The molecule has 3 amide bonds. The molecule has 0 radical (unpaired) electrons. The normalized spacial score (nSPS) is 17.1. The summed E-state index contributed by atoms with van der Waals surface area (Å²) >= 11 is 0.827. The number of carbonyl (C=O) groups is 3. The molecule has 194 valence electrons. The maximum absolute atomic E-state index is 14.1. The zero-order chi connectivity index (χ0) is 25.8. The number of aromatic nitrogens is 1.